The maximum atomic E-state index is 12.3. The summed E-state index contributed by atoms with van der Waals surface area (Å²) in [6, 6.07) is 10.4. The molecule has 0 fully saturated rings. The van der Waals surface area contributed by atoms with Crippen molar-refractivity contribution in [2.75, 3.05) is 25.6 Å². The highest BCUT2D eigenvalue weighted by Crippen LogP contribution is 2.22. The van der Waals surface area contributed by atoms with Gasteiger partial charge in [-0.15, -0.1) is 0 Å². The first-order chi connectivity index (χ1) is 12.3. The second-order valence-corrected chi connectivity index (χ2v) is 7.96. The number of hydrogen-bond acceptors (Lipinski definition) is 4. The number of carbonyl (C=O) groups excluding carboxylic acids is 1. The highest BCUT2D eigenvalue weighted by Gasteiger charge is 2.15. The van der Waals surface area contributed by atoms with Crippen molar-refractivity contribution in [1.29, 1.82) is 0 Å². The molecule has 0 aliphatic carbocycles. The van der Waals surface area contributed by atoms with Gasteiger partial charge >= 0.3 is 0 Å². The van der Waals surface area contributed by atoms with Crippen LogP contribution in [0.25, 0.3) is 0 Å². The molecule has 2 N–H and O–H groups in total. The Labute approximate surface area is 162 Å². The maximum absolute atomic E-state index is 12.3. The van der Waals surface area contributed by atoms with Crippen LogP contribution < -0.4 is 10.0 Å². The first kappa shape index (κ1) is 20.7. The Morgan fingerprint density at radius 2 is 1.81 bits per heavy atom. The van der Waals surface area contributed by atoms with E-state index in [1.807, 2.05) is 0 Å². The van der Waals surface area contributed by atoms with Crippen LogP contribution in [0.15, 0.2) is 47.4 Å². The van der Waals surface area contributed by atoms with Gasteiger partial charge in [-0.3, -0.25) is 4.79 Å². The fraction of sp³-hybridized carbons (Fsp3) is 0.235. The van der Waals surface area contributed by atoms with Crippen LogP contribution in [-0.4, -0.2) is 34.6 Å². The van der Waals surface area contributed by atoms with Crippen molar-refractivity contribution in [3.05, 3.63) is 58.1 Å². The second kappa shape index (κ2) is 9.34. The standard InChI is InChI=1S/C17H18Cl2N2O4S/c1-25-10-2-9-20-26(23,24)14-6-4-13(5-7-14)21-17(22)15-11-12(18)3-8-16(15)19/h3-8,11,20H,2,9-10H2,1H3,(H,21,22). The minimum Gasteiger partial charge on any atom is -0.385 e. The molecule has 0 atom stereocenters. The molecule has 1 amide bonds. The van der Waals surface area contributed by atoms with E-state index < -0.39 is 15.9 Å². The normalized spacial score (nSPS) is 11.3. The van der Waals surface area contributed by atoms with Crippen LogP contribution in [0.2, 0.25) is 10.0 Å². The van der Waals surface area contributed by atoms with Gasteiger partial charge in [-0.1, -0.05) is 23.2 Å². The van der Waals surface area contributed by atoms with Gasteiger partial charge in [-0.2, -0.15) is 0 Å². The molecule has 0 saturated heterocycles. The fourth-order valence-corrected chi connectivity index (χ4v) is 3.54. The van der Waals surface area contributed by atoms with Gasteiger partial charge in [0, 0.05) is 31.0 Å². The van der Waals surface area contributed by atoms with Crippen LogP contribution in [0.1, 0.15) is 16.8 Å². The van der Waals surface area contributed by atoms with E-state index >= 15 is 0 Å². The second-order valence-electron chi connectivity index (χ2n) is 5.35. The average Bonchev–Trinajstić information content (AvgIpc) is 2.61. The summed E-state index contributed by atoms with van der Waals surface area (Å²) in [5.74, 6) is -0.439. The molecule has 0 unspecified atom stereocenters. The Morgan fingerprint density at radius 1 is 1.12 bits per heavy atom. The lowest BCUT2D eigenvalue weighted by Gasteiger charge is -2.09. The van der Waals surface area contributed by atoms with Crippen molar-refractivity contribution in [1.82, 2.24) is 4.72 Å². The number of amides is 1. The van der Waals surface area contributed by atoms with Gasteiger partial charge in [-0.05, 0) is 48.9 Å². The molecular weight excluding hydrogens is 399 g/mol. The van der Waals surface area contributed by atoms with Crippen LogP contribution >= 0.6 is 23.2 Å². The Bertz CT molecular complexity index is 871. The molecule has 2 rings (SSSR count). The maximum Gasteiger partial charge on any atom is 0.257 e. The Kier molecular flexibility index (Phi) is 7.43. The number of anilines is 1. The zero-order chi connectivity index (χ0) is 19.2. The Morgan fingerprint density at radius 3 is 2.46 bits per heavy atom. The van der Waals surface area contributed by atoms with Crippen molar-refractivity contribution >= 4 is 44.8 Å². The average molecular weight is 417 g/mol. The number of nitrogens with one attached hydrogen (secondary N) is 2. The van der Waals surface area contributed by atoms with Crippen LogP contribution in [0.5, 0.6) is 0 Å². The van der Waals surface area contributed by atoms with E-state index in [1.54, 1.807) is 13.2 Å². The summed E-state index contributed by atoms with van der Waals surface area (Å²) < 4.78 is 31.7. The van der Waals surface area contributed by atoms with E-state index in [1.165, 1.54) is 36.4 Å². The molecule has 9 heteroatoms. The zero-order valence-electron chi connectivity index (χ0n) is 14.0. The topological polar surface area (TPSA) is 84.5 Å². The van der Waals surface area contributed by atoms with Gasteiger partial charge in [0.2, 0.25) is 10.0 Å². The van der Waals surface area contributed by atoms with E-state index in [2.05, 4.69) is 10.0 Å². The van der Waals surface area contributed by atoms with Crippen molar-refractivity contribution in [3.8, 4) is 0 Å². The molecule has 0 bridgehead atoms. The molecule has 0 saturated carbocycles. The molecule has 2 aromatic carbocycles. The van der Waals surface area contributed by atoms with Gasteiger partial charge in [0.15, 0.2) is 0 Å². The van der Waals surface area contributed by atoms with E-state index in [-0.39, 0.29) is 22.0 Å². The number of ether oxygens (including phenoxy) is 1. The molecule has 0 aliphatic rings. The van der Waals surface area contributed by atoms with Crippen LogP contribution in [-0.2, 0) is 14.8 Å². The third-order valence-electron chi connectivity index (χ3n) is 3.41. The monoisotopic (exact) mass is 416 g/mol. The summed E-state index contributed by atoms with van der Waals surface area (Å²) in [4.78, 5) is 12.4. The molecule has 0 aliphatic heterocycles. The van der Waals surface area contributed by atoms with Gasteiger partial charge < -0.3 is 10.1 Å². The molecule has 140 valence electrons. The molecule has 0 heterocycles. The van der Waals surface area contributed by atoms with E-state index in [4.69, 9.17) is 27.9 Å². The van der Waals surface area contributed by atoms with Crippen molar-refractivity contribution in [2.45, 2.75) is 11.3 Å². The minimum atomic E-state index is -3.61. The number of hydrogen-bond donors (Lipinski definition) is 2. The van der Waals surface area contributed by atoms with Gasteiger partial charge in [0.25, 0.3) is 5.91 Å². The number of rotatable bonds is 8. The summed E-state index contributed by atoms with van der Waals surface area (Å²) in [5.41, 5.74) is 0.667. The van der Waals surface area contributed by atoms with Crippen LogP contribution in [0.4, 0.5) is 5.69 Å². The van der Waals surface area contributed by atoms with E-state index in [9.17, 15) is 13.2 Å². The summed E-state index contributed by atoms with van der Waals surface area (Å²) in [6.45, 7) is 0.751. The molecule has 2 aromatic rings. The van der Waals surface area contributed by atoms with Crippen molar-refractivity contribution in [2.24, 2.45) is 0 Å². The smallest absolute Gasteiger partial charge is 0.257 e. The highest BCUT2D eigenvalue weighted by molar-refractivity contribution is 7.89. The van der Waals surface area contributed by atoms with E-state index in [0.717, 1.165) is 0 Å². The zero-order valence-corrected chi connectivity index (χ0v) is 16.3. The molecule has 0 aromatic heterocycles. The lowest BCUT2D eigenvalue weighted by Crippen LogP contribution is -2.25. The van der Waals surface area contributed by atoms with Crippen LogP contribution in [0.3, 0.4) is 0 Å². The molecular formula is C17H18Cl2N2O4S. The number of halogens is 2. The lowest BCUT2D eigenvalue weighted by atomic mass is 10.2. The summed E-state index contributed by atoms with van der Waals surface area (Å²) in [5, 5.41) is 3.31. The molecule has 0 spiro atoms. The number of carbonyl (C=O) groups is 1. The summed E-state index contributed by atoms with van der Waals surface area (Å²) in [6.07, 6.45) is 0.574. The molecule has 0 radical (unpaired) electrons. The summed E-state index contributed by atoms with van der Waals surface area (Å²) >= 11 is 11.9. The third-order valence-corrected chi connectivity index (χ3v) is 5.45. The Hall–Kier alpha value is -1.64. The fourth-order valence-electron chi connectivity index (χ4n) is 2.09. The Balaban J connectivity index is 2.05. The lowest BCUT2D eigenvalue weighted by molar-refractivity contribution is 0.102. The predicted octanol–water partition coefficient (Wildman–Crippen LogP) is 3.56. The van der Waals surface area contributed by atoms with Gasteiger partial charge in [0.05, 0.1) is 15.5 Å². The first-order valence-corrected chi connectivity index (χ1v) is 9.92. The minimum absolute atomic E-state index is 0.105. The third kappa shape index (κ3) is 5.69. The van der Waals surface area contributed by atoms with Crippen LogP contribution in [0, 0.1) is 0 Å². The van der Waals surface area contributed by atoms with E-state index in [0.29, 0.717) is 23.7 Å². The number of sulfonamides is 1. The number of methoxy groups -OCH3 is 1. The predicted molar refractivity (Wildman–Crippen MR) is 103 cm³/mol. The van der Waals surface area contributed by atoms with Crippen molar-refractivity contribution in [3.63, 3.8) is 0 Å². The first-order valence-electron chi connectivity index (χ1n) is 7.68. The molecule has 6 nitrogen and oxygen atoms in total. The van der Waals surface area contributed by atoms with Crippen molar-refractivity contribution < 1.29 is 17.9 Å². The molecule has 26 heavy (non-hydrogen) atoms. The van der Waals surface area contributed by atoms with Gasteiger partial charge in [-0.25, -0.2) is 13.1 Å². The van der Waals surface area contributed by atoms with Gasteiger partial charge in [0.1, 0.15) is 0 Å². The SMILES string of the molecule is COCCCNS(=O)(=O)c1ccc(NC(=O)c2cc(Cl)ccc2Cl)cc1. The largest absolute Gasteiger partial charge is 0.385 e. The highest BCUT2D eigenvalue weighted by atomic mass is 35.5. The summed E-state index contributed by atoms with van der Waals surface area (Å²) in [7, 11) is -2.05. The quantitative estimate of drug-likeness (QED) is 0.644. The number of benzene rings is 2.